The maximum atomic E-state index is 12.0. The summed E-state index contributed by atoms with van der Waals surface area (Å²) in [4.78, 5) is 12.0. The summed E-state index contributed by atoms with van der Waals surface area (Å²) in [5.41, 5.74) is 1.33. The minimum atomic E-state index is -0.120. The van der Waals surface area contributed by atoms with Gasteiger partial charge in [-0.2, -0.15) is 0 Å². The van der Waals surface area contributed by atoms with E-state index >= 15 is 0 Å². The number of fused-ring (bicyclic) bond motifs is 1. The Bertz CT molecular complexity index is 788. The summed E-state index contributed by atoms with van der Waals surface area (Å²) in [6.45, 7) is 0. The third-order valence-corrected chi connectivity index (χ3v) is 3.29. The molecule has 0 unspecified atom stereocenters. The SMILES string of the molecule is O=c1cc(CCc2ccccc2)oc2c(O)cccc12. The maximum absolute atomic E-state index is 12.0. The van der Waals surface area contributed by atoms with Crippen LogP contribution >= 0.6 is 0 Å². The fourth-order valence-corrected chi connectivity index (χ4v) is 2.25. The molecule has 3 heteroatoms. The first-order chi connectivity index (χ1) is 9.74. The molecule has 0 amide bonds. The van der Waals surface area contributed by atoms with Gasteiger partial charge in [-0.25, -0.2) is 0 Å². The highest BCUT2D eigenvalue weighted by molar-refractivity contribution is 5.81. The third-order valence-electron chi connectivity index (χ3n) is 3.29. The Kier molecular flexibility index (Phi) is 3.25. The topological polar surface area (TPSA) is 50.4 Å². The van der Waals surface area contributed by atoms with Gasteiger partial charge < -0.3 is 9.52 Å². The molecule has 1 heterocycles. The summed E-state index contributed by atoms with van der Waals surface area (Å²) in [6.07, 6.45) is 1.42. The van der Waals surface area contributed by atoms with Gasteiger partial charge in [-0.1, -0.05) is 36.4 Å². The zero-order chi connectivity index (χ0) is 13.9. The van der Waals surface area contributed by atoms with Crippen LogP contribution in [0.3, 0.4) is 0 Å². The second-order valence-corrected chi connectivity index (χ2v) is 4.72. The lowest BCUT2D eigenvalue weighted by Gasteiger charge is -2.04. The smallest absolute Gasteiger partial charge is 0.193 e. The van der Waals surface area contributed by atoms with Gasteiger partial charge in [0.15, 0.2) is 16.8 Å². The van der Waals surface area contributed by atoms with Gasteiger partial charge in [-0.05, 0) is 24.1 Å². The molecule has 0 saturated heterocycles. The molecule has 3 aromatic rings. The van der Waals surface area contributed by atoms with Crippen LogP contribution in [-0.2, 0) is 12.8 Å². The molecule has 0 fully saturated rings. The lowest BCUT2D eigenvalue weighted by molar-refractivity contribution is 0.453. The molecule has 0 aliphatic carbocycles. The number of phenols is 1. The molecular formula is C17H14O3. The van der Waals surface area contributed by atoms with Crippen molar-refractivity contribution in [3.63, 3.8) is 0 Å². The first-order valence-corrected chi connectivity index (χ1v) is 6.53. The molecule has 0 aliphatic heterocycles. The van der Waals surface area contributed by atoms with Crippen LogP contribution in [0.5, 0.6) is 5.75 Å². The van der Waals surface area contributed by atoms with E-state index in [9.17, 15) is 9.90 Å². The average molecular weight is 266 g/mol. The van der Waals surface area contributed by atoms with Crippen molar-refractivity contribution in [2.24, 2.45) is 0 Å². The van der Waals surface area contributed by atoms with Gasteiger partial charge in [0.1, 0.15) is 5.76 Å². The van der Waals surface area contributed by atoms with Crippen LogP contribution in [0.1, 0.15) is 11.3 Å². The van der Waals surface area contributed by atoms with E-state index < -0.39 is 0 Å². The second-order valence-electron chi connectivity index (χ2n) is 4.72. The van der Waals surface area contributed by atoms with Crippen molar-refractivity contribution >= 4 is 11.0 Å². The van der Waals surface area contributed by atoms with Crippen LogP contribution in [0.2, 0.25) is 0 Å². The third kappa shape index (κ3) is 2.43. The molecule has 0 saturated carbocycles. The van der Waals surface area contributed by atoms with Crippen LogP contribution in [0.4, 0.5) is 0 Å². The summed E-state index contributed by atoms with van der Waals surface area (Å²) < 4.78 is 5.65. The number of aryl methyl sites for hydroxylation is 2. The number of hydrogen-bond acceptors (Lipinski definition) is 3. The van der Waals surface area contributed by atoms with E-state index in [2.05, 4.69) is 0 Å². The van der Waals surface area contributed by atoms with Crippen LogP contribution in [-0.4, -0.2) is 5.11 Å². The standard InChI is InChI=1S/C17H14O3/c18-15-8-4-7-14-16(19)11-13(20-17(14)15)10-9-12-5-2-1-3-6-12/h1-8,11,18H,9-10H2. The van der Waals surface area contributed by atoms with Gasteiger partial charge in [-0.15, -0.1) is 0 Å². The minimum absolute atomic E-state index is 0.00108. The first-order valence-electron chi connectivity index (χ1n) is 6.53. The highest BCUT2D eigenvalue weighted by atomic mass is 16.4. The van der Waals surface area contributed by atoms with Crippen molar-refractivity contribution in [2.45, 2.75) is 12.8 Å². The predicted molar refractivity (Wildman–Crippen MR) is 78.0 cm³/mol. The number of rotatable bonds is 3. The molecule has 0 bridgehead atoms. The van der Waals surface area contributed by atoms with Crippen LogP contribution in [0, 0.1) is 0 Å². The molecule has 3 nitrogen and oxygen atoms in total. The van der Waals surface area contributed by atoms with Gasteiger partial charge in [0.25, 0.3) is 0 Å². The molecule has 3 rings (SSSR count). The van der Waals surface area contributed by atoms with Crippen molar-refractivity contribution in [2.75, 3.05) is 0 Å². The van der Waals surface area contributed by atoms with E-state index in [1.54, 1.807) is 12.1 Å². The molecule has 1 N–H and O–H groups in total. The summed E-state index contributed by atoms with van der Waals surface area (Å²) in [7, 11) is 0. The van der Waals surface area contributed by atoms with E-state index in [1.165, 1.54) is 17.7 Å². The van der Waals surface area contributed by atoms with Gasteiger partial charge in [0, 0.05) is 12.5 Å². The van der Waals surface area contributed by atoms with Gasteiger partial charge in [0.2, 0.25) is 0 Å². The highest BCUT2D eigenvalue weighted by Gasteiger charge is 2.08. The summed E-state index contributed by atoms with van der Waals surface area (Å²) in [5, 5.41) is 10.2. The van der Waals surface area contributed by atoms with E-state index in [0.717, 1.165) is 6.42 Å². The normalized spacial score (nSPS) is 10.8. The fraction of sp³-hybridized carbons (Fsp3) is 0.118. The second kappa shape index (κ2) is 5.21. The van der Waals surface area contributed by atoms with Crippen molar-refractivity contribution in [3.8, 4) is 5.75 Å². The highest BCUT2D eigenvalue weighted by Crippen LogP contribution is 2.23. The molecule has 20 heavy (non-hydrogen) atoms. The van der Waals surface area contributed by atoms with Gasteiger partial charge >= 0.3 is 0 Å². The lowest BCUT2D eigenvalue weighted by atomic mass is 10.1. The molecular weight excluding hydrogens is 252 g/mol. The molecule has 0 aliphatic rings. The molecule has 0 radical (unpaired) electrons. The van der Waals surface area contributed by atoms with Gasteiger partial charge in [0.05, 0.1) is 5.39 Å². The van der Waals surface area contributed by atoms with E-state index in [4.69, 9.17) is 4.42 Å². The van der Waals surface area contributed by atoms with Crippen molar-refractivity contribution in [3.05, 3.63) is 76.1 Å². The van der Waals surface area contributed by atoms with E-state index in [1.807, 2.05) is 30.3 Å². The zero-order valence-electron chi connectivity index (χ0n) is 10.9. The number of aromatic hydroxyl groups is 1. The van der Waals surface area contributed by atoms with Crippen molar-refractivity contribution in [1.82, 2.24) is 0 Å². The van der Waals surface area contributed by atoms with Crippen molar-refractivity contribution in [1.29, 1.82) is 0 Å². The largest absolute Gasteiger partial charge is 0.504 e. The van der Waals surface area contributed by atoms with Gasteiger partial charge in [-0.3, -0.25) is 4.79 Å². The Hall–Kier alpha value is -2.55. The average Bonchev–Trinajstić information content (AvgIpc) is 2.47. The van der Waals surface area contributed by atoms with Crippen LogP contribution < -0.4 is 5.43 Å². The Morgan fingerprint density at radius 3 is 2.55 bits per heavy atom. The maximum Gasteiger partial charge on any atom is 0.193 e. The summed E-state index contributed by atoms with van der Waals surface area (Å²) in [5.74, 6) is 0.592. The van der Waals surface area contributed by atoms with Crippen molar-refractivity contribution < 1.29 is 9.52 Å². The number of para-hydroxylation sites is 1. The summed E-state index contributed by atoms with van der Waals surface area (Å²) in [6, 6.07) is 16.3. The number of benzene rings is 2. The molecule has 1 aromatic heterocycles. The molecule has 2 aromatic carbocycles. The quantitative estimate of drug-likeness (QED) is 0.791. The Morgan fingerprint density at radius 2 is 1.75 bits per heavy atom. The predicted octanol–water partition coefficient (Wildman–Crippen LogP) is 3.28. The van der Waals surface area contributed by atoms with Crippen LogP contribution in [0.25, 0.3) is 11.0 Å². The monoisotopic (exact) mass is 266 g/mol. The molecule has 0 atom stereocenters. The van der Waals surface area contributed by atoms with Crippen LogP contribution in [0.15, 0.2) is 63.8 Å². The number of hydrogen-bond donors (Lipinski definition) is 1. The first kappa shape index (κ1) is 12.5. The summed E-state index contributed by atoms with van der Waals surface area (Å²) >= 11 is 0. The lowest BCUT2D eigenvalue weighted by Crippen LogP contribution is -2.03. The van der Waals surface area contributed by atoms with E-state index in [-0.39, 0.29) is 16.8 Å². The number of phenolic OH excluding ortho intramolecular Hbond substituents is 1. The minimum Gasteiger partial charge on any atom is -0.504 e. The Labute approximate surface area is 116 Å². The molecule has 0 spiro atoms. The molecule has 100 valence electrons. The Morgan fingerprint density at radius 1 is 0.950 bits per heavy atom. The zero-order valence-corrected chi connectivity index (χ0v) is 10.9. The Balaban J connectivity index is 1.93. The fourth-order valence-electron chi connectivity index (χ4n) is 2.25. The van der Waals surface area contributed by atoms with E-state index in [0.29, 0.717) is 17.6 Å².